The van der Waals surface area contributed by atoms with Crippen LogP contribution in [0, 0.1) is 0 Å². The first-order valence-corrected chi connectivity index (χ1v) is 9.12. The molecule has 1 fully saturated rings. The molecule has 8 heteroatoms. The van der Waals surface area contributed by atoms with E-state index in [9.17, 15) is 13.2 Å². The summed E-state index contributed by atoms with van der Waals surface area (Å²) >= 11 is 0. The minimum atomic E-state index is -3.65. The number of hydrogen-bond donors (Lipinski definition) is 1. The Balaban J connectivity index is 1.82. The predicted molar refractivity (Wildman–Crippen MR) is 84.1 cm³/mol. The summed E-state index contributed by atoms with van der Waals surface area (Å²) in [6.45, 7) is 3.19. The summed E-state index contributed by atoms with van der Waals surface area (Å²) in [5.41, 5.74) is 0.490. The van der Waals surface area contributed by atoms with Gasteiger partial charge in [-0.15, -0.1) is 0 Å². The van der Waals surface area contributed by atoms with Crippen LogP contribution < -0.4 is 14.4 Å². The molecule has 1 amide bonds. The van der Waals surface area contributed by atoms with Crippen LogP contribution in [0.15, 0.2) is 23.1 Å². The van der Waals surface area contributed by atoms with Crippen molar-refractivity contribution >= 4 is 21.6 Å². The molecule has 1 aromatic carbocycles. The summed E-state index contributed by atoms with van der Waals surface area (Å²) in [6.07, 6.45) is 1.74. The van der Waals surface area contributed by atoms with Crippen molar-refractivity contribution in [3.63, 3.8) is 0 Å². The molecule has 126 valence electrons. The SMILES string of the molecule is CC(=O)N1CCOc2ccc(S(=O)(=O)NCC3CCCO3)cc21. The highest BCUT2D eigenvalue weighted by atomic mass is 32.2. The average molecular weight is 340 g/mol. The van der Waals surface area contributed by atoms with Crippen LogP contribution in [0.5, 0.6) is 5.75 Å². The fourth-order valence-corrected chi connectivity index (χ4v) is 3.87. The van der Waals surface area contributed by atoms with Crippen LogP contribution in [0.1, 0.15) is 19.8 Å². The minimum Gasteiger partial charge on any atom is -0.490 e. The van der Waals surface area contributed by atoms with Gasteiger partial charge in [-0.1, -0.05) is 0 Å². The number of nitrogens with zero attached hydrogens (tertiary/aromatic N) is 1. The maximum atomic E-state index is 12.4. The molecule has 2 aliphatic rings. The minimum absolute atomic E-state index is 0.0700. The summed E-state index contributed by atoms with van der Waals surface area (Å²) in [7, 11) is -3.65. The van der Waals surface area contributed by atoms with Crippen LogP contribution in [0.2, 0.25) is 0 Å². The molecule has 3 rings (SSSR count). The van der Waals surface area contributed by atoms with E-state index >= 15 is 0 Å². The molecule has 2 heterocycles. The van der Waals surface area contributed by atoms with Gasteiger partial charge in [0.05, 0.1) is 23.2 Å². The quantitative estimate of drug-likeness (QED) is 0.880. The molecule has 1 N–H and O–H groups in total. The van der Waals surface area contributed by atoms with Crippen LogP contribution >= 0.6 is 0 Å². The van der Waals surface area contributed by atoms with Gasteiger partial charge >= 0.3 is 0 Å². The maximum absolute atomic E-state index is 12.4. The van der Waals surface area contributed by atoms with Crippen LogP contribution in [-0.2, 0) is 19.6 Å². The molecule has 0 spiro atoms. The normalized spacial score (nSPS) is 20.9. The number of nitrogens with one attached hydrogen (secondary N) is 1. The first-order valence-electron chi connectivity index (χ1n) is 7.63. The molecule has 1 aromatic rings. The zero-order valence-electron chi connectivity index (χ0n) is 12.9. The summed E-state index contributed by atoms with van der Waals surface area (Å²) in [4.78, 5) is 13.4. The van der Waals surface area contributed by atoms with Crippen molar-refractivity contribution in [1.29, 1.82) is 0 Å². The van der Waals surface area contributed by atoms with Gasteiger partial charge in [0, 0.05) is 20.1 Å². The van der Waals surface area contributed by atoms with E-state index in [1.165, 1.54) is 24.0 Å². The van der Waals surface area contributed by atoms with E-state index in [1.807, 2.05) is 0 Å². The molecule has 0 bridgehead atoms. The van der Waals surface area contributed by atoms with E-state index in [0.717, 1.165) is 12.8 Å². The number of benzene rings is 1. The van der Waals surface area contributed by atoms with Gasteiger partial charge in [0.25, 0.3) is 0 Å². The van der Waals surface area contributed by atoms with Gasteiger partial charge in [0.15, 0.2) is 0 Å². The van der Waals surface area contributed by atoms with Gasteiger partial charge in [0.1, 0.15) is 12.4 Å². The Hall–Kier alpha value is -1.64. The molecule has 2 aliphatic heterocycles. The fourth-order valence-electron chi connectivity index (χ4n) is 2.78. The highest BCUT2D eigenvalue weighted by molar-refractivity contribution is 7.89. The molecular formula is C15H20N2O5S. The van der Waals surface area contributed by atoms with Gasteiger partial charge in [-0.2, -0.15) is 0 Å². The van der Waals surface area contributed by atoms with E-state index in [0.29, 0.717) is 31.2 Å². The van der Waals surface area contributed by atoms with Crippen molar-refractivity contribution in [2.24, 2.45) is 0 Å². The number of carbonyl (C=O) groups excluding carboxylic acids is 1. The number of ether oxygens (including phenoxy) is 2. The number of amides is 1. The van der Waals surface area contributed by atoms with Crippen LogP contribution in [0.25, 0.3) is 0 Å². The van der Waals surface area contributed by atoms with Crippen LogP contribution in [0.3, 0.4) is 0 Å². The lowest BCUT2D eigenvalue weighted by molar-refractivity contribution is -0.116. The van der Waals surface area contributed by atoms with E-state index in [4.69, 9.17) is 9.47 Å². The number of carbonyl (C=O) groups is 1. The van der Waals surface area contributed by atoms with Crippen molar-refractivity contribution in [3.8, 4) is 5.75 Å². The molecule has 7 nitrogen and oxygen atoms in total. The molecule has 0 aliphatic carbocycles. The molecule has 0 radical (unpaired) electrons. The van der Waals surface area contributed by atoms with Gasteiger partial charge in [0.2, 0.25) is 15.9 Å². The van der Waals surface area contributed by atoms with E-state index in [-0.39, 0.29) is 23.5 Å². The Morgan fingerprint density at radius 3 is 2.91 bits per heavy atom. The Morgan fingerprint density at radius 2 is 2.22 bits per heavy atom. The molecule has 1 unspecified atom stereocenters. The van der Waals surface area contributed by atoms with Crippen LogP contribution in [-0.4, -0.2) is 46.7 Å². The lowest BCUT2D eigenvalue weighted by atomic mass is 10.2. The number of fused-ring (bicyclic) bond motifs is 1. The Morgan fingerprint density at radius 1 is 1.39 bits per heavy atom. The maximum Gasteiger partial charge on any atom is 0.240 e. The van der Waals surface area contributed by atoms with Crippen LogP contribution in [0.4, 0.5) is 5.69 Å². The molecule has 23 heavy (non-hydrogen) atoms. The molecule has 1 saturated heterocycles. The molecule has 0 saturated carbocycles. The first kappa shape index (κ1) is 16.2. The predicted octanol–water partition coefficient (Wildman–Crippen LogP) is 0.889. The summed E-state index contributed by atoms with van der Waals surface area (Å²) in [5, 5.41) is 0. The zero-order valence-corrected chi connectivity index (χ0v) is 13.8. The summed E-state index contributed by atoms with van der Waals surface area (Å²) in [5.74, 6) is 0.376. The summed E-state index contributed by atoms with van der Waals surface area (Å²) in [6, 6.07) is 4.55. The van der Waals surface area contributed by atoms with Crippen molar-refractivity contribution in [1.82, 2.24) is 4.72 Å². The third-order valence-corrected chi connectivity index (χ3v) is 5.43. The number of hydrogen-bond acceptors (Lipinski definition) is 5. The third kappa shape index (κ3) is 3.49. The second kappa shape index (κ2) is 6.46. The number of rotatable bonds is 4. The van der Waals surface area contributed by atoms with E-state index < -0.39 is 10.0 Å². The second-order valence-corrected chi connectivity index (χ2v) is 7.40. The fraction of sp³-hybridized carbons (Fsp3) is 0.533. The van der Waals surface area contributed by atoms with Gasteiger partial charge in [-0.05, 0) is 31.0 Å². The molecular weight excluding hydrogens is 320 g/mol. The average Bonchev–Trinajstić information content (AvgIpc) is 3.05. The Labute approximate surface area is 135 Å². The zero-order chi connectivity index (χ0) is 16.4. The monoisotopic (exact) mass is 340 g/mol. The van der Waals surface area contributed by atoms with Gasteiger partial charge in [-0.25, -0.2) is 13.1 Å². The third-order valence-electron chi connectivity index (χ3n) is 4.01. The number of anilines is 1. The summed E-state index contributed by atoms with van der Waals surface area (Å²) < 4.78 is 38.4. The molecule has 1 atom stereocenters. The number of sulfonamides is 1. The Bertz CT molecular complexity index is 698. The first-order chi connectivity index (χ1) is 11.0. The van der Waals surface area contributed by atoms with Gasteiger partial charge in [-0.3, -0.25) is 4.79 Å². The van der Waals surface area contributed by atoms with Crippen molar-refractivity contribution in [2.45, 2.75) is 30.8 Å². The smallest absolute Gasteiger partial charge is 0.240 e. The van der Waals surface area contributed by atoms with E-state index in [2.05, 4.69) is 4.72 Å². The van der Waals surface area contributed by atoms with Crippen molar-refractivity contribution in [3.05, 3.63) is 18.2 Å². The van der Waals surface area contributed by atoms with Gasteiger partial charge < -0.3 is 14.4 Å². The second-order valence-electron chi connectivity index (χ2n) is 5.64. The highest BCUT2D eigenvalue weighted by Crippen LogP contribution is 2.33. The molecule has 0 aromatic heterocycles. The Kier molecular flexibility index (Phi) is 4.56. The van der Waals surface area contributed by atoms with Crippen molar-refractivity contribution in [2.75, 3.05) is 31.2 Å². The van der Waals surface area contributed by atoms with Crippen molar-refractivity contribution < 1.29 is 22.7 Å². The lowest BCUT2D eigenvalue weighted by Crippen LogP contribution is -2.37. The lowest BCUT2D eigenvalue weighted by Gasteiger charge is -2.29. The topological polar surface area (TPSA) is 84.9 Å². The van der Waals surface area contributed by atoms with E-state index in [1.54, 1.807) is 6.07 Å². The standard InChI is InChI=1S/C15H20N2O5S/c1-11(18)17-6-8-22-15-5-4-13(9-14(15)17)23(19,20)16-10-12-3-2-7-21-12/h4-5,9,12,16H,2-3,6-8,10H2,1H3. The largest absolute Gasteiger partial charge is 0.490 e. The highest BCUT2D eigenvalue weighted by Gasteiger charge is 2.25.